The number of nitrogens with one attached hydrogen (secondary N) is 2. The number of hydrogen-bond acceptors (Lipinski definition) is 8. The van der Waals surface area contributed by atoms with Crippen molar-refractivity contribution in [2.75, 3.05) is 11.9 Å². The van der Waals surface area contributed by atoms with Crippen LogP contribution in [0.1, 0.15) is 41.4 Å². The predicted octanol–water partition coefficient (Wildman–Crippen LogP) is 2.31. The van der Waals surface area contributed by atoms with Crippen LogP contribution >= 0.6 is 0 Å². The second kappa shape index (κ2) is 9.50. The van der Waals surface area contributed by atoms with Crippen LogP contribution in [0.3, 0.4) is 0 Å². The summed E-state index contributed by atoms with van der Waals surface area (Å²) in [5, 5.41) is 29.9. The maximum Gasteiger partial charge on any atom is 0.387 e. The highest BCUT2D eigenvalue weighted by Gasteiger charge is 2.40. The zero-order valence-electron chi connectivity index (χ0n) is 18.6. The average molecular weight is 510 g/mol. The van der Waals surface area contributed by atoms with E-state index in [2.05, 4.69) is 30.2 Å². The lowest BCUT2D eigenvalue weighted by molar-refractivity contribution is -0.0501. The summed E-state index contributed by atoms with van der Waals surface area (Å²) >= 11 is 0. The van der Waals surface area contributed by atoms with Crippen molar-refractivity contribution in [3.8, 4) is 5.75 Å². The van der Waals surface area contributed by atoms with Crippen LogP contribution in [0.4, 0.5) is 23.4 Å². The fourth-order valence-corrected chi connectivity index (χ4v) is 4.83. The van der Waals surface area contributed by atoms with E-state index in [9.17, 15) is 32.6 Å². The van der Waals surface area contributed by atoms with Crippen molar-refractivity contribution in [2.24, 2.45) is 0 Å². The van der Waals surface area contributed by atoms with Gasteiger partial charge in [0, 0.05) is 12.5 Å². The highest BCUT2D eigenvalue weighted by Crippen LogP contribution is 2.38. The quantitative estimate of drug-likeness (QED) is 0.371. The maximum atomic E-state index is 14.5. The molecule has 1 aliphatic carbocycles. The van der Waals surface area contributed by atoms with Gasteiger partial charge in [-0.2, -0.15) is 13.9 Å². The molecule has 36 heavy (non-hydrogen) atoms. The van der Waals surface area contributed by atoms with Crippen molar-refractivity contribution >= 4 is 22.8 Å². The minimum absolute atomic E-state index is 0.0941. The van der Waals surface area contributed by atoms with Crippen molar-refractivity contribution in [3.63, 3.8) is 0 Å². The number of carbonyl (C=O) groups is 1. The van der Waals surface area contributed by atoms with Gasteiger partial charge in [-0.1, -0.05) is 0 Å². The lowest BCUT2D eigenvalue weighted by Gasteiger charge is -2.25. The van der Waals surface area contributed by atoms with E-state index in [4.69, 9.17) is 0 Å². The molecule has 4 N–H and O–H groups in total. The first-order valence-corrected chi connectivity index (χ1v) is 11.2. The first kappa shape index (κ1) is 24.2. The molecule has 0 spiro atoms. The van der Waals surface area contributed by atoms with E-state index < -0.39 is 54.5 Å². The topological polar surface area (TPSA) is 136 Å². The summed E-state index contributed by atoms with van der Waals surface area (Å²) in [6.07, 6.45) is -1.52. The number of anilines is 1. The van der Waals surface area contributed by atoms with E-state index in [1.165, 1.54) is 6.33 Å². The maximum absolute atomic E-state index is 14.5. The molecule has 3 aromatic rings. The highest BCUT2D eigenvalue weighted by molar-refractivity contribution is 6.07. The molecule has 5 atom stereocenters. The third-order valence-corrected chi connectivity index (χ3v) is 6.48. The number of aliphatic hydroxyl groups is 2. The van der Waals surface area contributed by atoms with Gasteiger partial charge >= 0.3 is 6.61 Å². The molecule has 2 aliphatic rings. The summed E-state index contributed by atoms with van der Waals surface area (Å²) in [7, 11) is 0. The van der Waals surface area contributed by atoms with Gasteiger partial charge in [-0.05, 0) is 30.5 Å². The van der Waals surface area contributed by atoms with Gasteiger partial charge in [0.05, 0.1) is 36.2 Å². The van der Waals surface area contributed by atoms with Crippen LogP contribution in [0.25, 0.3) is 11.0 Å². The standard InChI is InChI=1S/C22H22F4N6O4/c23-10-3-9(4-12(5-10)36-22(25)26)14-6-11(24)7-32(14)21(35)17-16-19(27-8-28-20(16)31-30-17)29-13-1-2-15(33)18(13)34/h3-5,8,11,13-15,18,22,33-34H,1-2,6-7H2,(H2,27,28,29,30,31)/t11-,13+,14+,15+,18-/m0/s1. The van der Waals surface area contributed by atoms with E-state index >= 15 is 0 Å². The molecule has 0 radical (unpaired) electrons. The summed E-state index contributed by atoms with van der Waals surface area (Å²) in [5.74, 6) is -1.85. The third-order valence-electron chi connectivity index (χ3n) is 6.48. The highest BCUT2D eigenvalue weighted by atomic mass is 19.3. The first-order valence-electron chi connectivity index (χ1n) is 11.2. The van der Waals surface area contributed by atoms with Gasteiger partial charge in [0.2, 0.25) is 0 Å². The lowest BCUT2D eigenvalue weighted by Crippen LogP contribution is -2.35. The summed E-state index contributed by atoms with van der Waals surface area (Å²) in [6.45, 7) is -3.51. The molecule has 1 amide bonds. The minimum Gasteiger partial charge on any atom is -0.435 e. The number of halogens is 4. The van der Waals surface area contributed by atoms with Crippen LogP contribution < -0.4 is 10.1 Å². The number of aromatic amines is 1. The fraction of sp³-hybridized carbons (Fsp3) is 0.455. The summed E-state index contributed by atoms with van der Waals surface area (Å²) < 4.78 is 58.3. The van der Waals surface area contributed by atoms with Crippen molar-refractivity contribution in [3.05, 3.63) is 41.6 Å². The number of likely N-dealkylation sites (tertiary alicyclic amines) is 1. The number of ether oxygens (including phenoxy) is 1. The van der Waals surface area contributed by atoms with Gasteiger partial charge in [-0.25, -0.2) is 18.7 Å². The molecule has 2 aromatic heterocycles. The Bertz CT molecular complexity index is 1280. The number of H-pyrrole nitrogens is 1. The Kier molecular flexibility index (Phi) is 6.38. The first-order chi connectivity index (χ1) is 17.2. The molecule has 1 aliphatic heterocycles. The second-order valence-corrected chi connectivity index (χ2v) is 8.81. The number of carbonyl (C=O) groups excluding carboxylic acids is 1. The largest absolute Gasteiger partial charge is 0.435 e. The zero-order chi connectivity index (χ0) is 25.6. The van der Waals surface area contributed by atoms with Crippen molar-refractivity contribution in [1.29, 1.82) is 0 Å². The Labute approximate surface area is 201 Å². The van der Waals surface area contributed by atoms with E-state index in [1.807, 2.05) is 0 Å². The average Bonchev–Trinajstić information content (AvgIpc) is 3.51. The van der Waals surface area contributed by atoms with Gasteiger partial charge in [0.1, 0.15) is 29.9 Å². The molecule has 0 unspecified atom stereocenters. The summed E-state index contributed by atoms with van der Waals surface area (Å²) in [4.78, 5) is 22.9. The molecule has 192 valence electrons. The number of rotatable bonds is 6. The van der Waals surface area contributed by atoms with E-state index in [-0.39, 0.29) is 41.1 Å². The van der Waals surface area contributed by atoms with Gasteiger partial charge in [-0.3, -0.25) is 9.89 Å². The smallest absolute Gasteiger partial charge is 0.387 e. The van der Waals surface area contributed by atoms with E-state index in [0.717, 1.165) is 23.1 Å². The Hall–Kier alpha value is -3.52. The third kappa shape index (κ3) is 4.53. The zero-order valence-corrected chi connectivity index (χ0v) is 18.6. The molecular formula is C22H22F4N6O4. The summed E-state index contributed by atoms with van der Waals surface area (Å²) in [6, 6.07) is 1.44. The molecule has 1 saturated carbocycles. The number of aliphatic hydroxyl groups excluding tert-OH is 2. The Morgan fingerprint density at radius 2 is 2.03 bits per heavy atom. The van der Waals surface area contributed by atoms with E-state index in [1.54, 1.807) is 0 Å². The Balaban J connectivity index is 1.48. The number of benzene rings is 1. The fourth-order valence-electron chi connectivity index (χ4n) is 4.83. The van der Waals surface area contributed by atoms with Crippen molar-refractivity contribution in [1.82, 2.24) is 25.1 Å². The van der Waals surface area contributed by atoms with Crippen LogP contribution in [-0.4, -0.2) is 78.8 Å². The lowest BCUT2D eigenvalue weighted by atomic mass is 10.0. The van der Waals surface area contributed by atoms with Gasteiger partial charge in [-0.15, -0.1) is 0 Å². The van der Waals surface area contributed by atoms with Crippen molar-refractivity contribution < 1.29 is 37.3 Å². The Morgan fingerprint density at radius 3 is 2.75 bits per heavy atom. The van der Waals surface area contributed by atoms with Crippen LogP contribution in [-0.2, 0) is 0 Å². The second-order valence-electron chi connectivity index (χ2n) is 8.81. The number of nitrogens with zero attached hydrogens (tertiary/aromatic N) is 4. The van der Waals surface area contributed by atoms with Crippen LogP contribution in [0.2, 0.25) is 0 Å². The molecule has 1 saturated heterocycles. The molecule has 2 fully saturated rings. The van der Waals surface area contributed by atoms with E-state index in [0.29, 0.717) is 12.8 Å². The summed E-state index contributed by atoms with van der Waals surface area (Å²) in [5.41, 5.74) is 0.159. The monoisotopic (exact) mass is 510 g/mol. The van der Waals surface area contributed by atoms with Gasteiger partial charge in [0.25, 0.3) is 5.91 Å². The molecule has 1 aromatic carbocycles. The molecule has 14 heteroatoms. The number of aromatic nitrogens is 4. The minimum atomic E-state index is -3.18. The van der Waals surface area contributed by atoms with Crippen LogP contribution in [0.15, 0.2) is 24.5 Å². The number of hydrogen-bond donors (Lipinski definition) is 4. The Morgan fingerprint density at radius 1 is 1.22 bits per heavy atom. The number of fused-ring (bicyclic) bond motifs is 1. The number of alkyl halides is 3. The van der Waals surface area contributed by atoms with Gasteiger partial charge in [0.15, 0.2) is 11.3 Å². The normalized spacial score (nSPS) is 26.2. The predicted molar refractivity (Wildman–Crippen MR) is 117 cm³/mol. The molecule has 0 bridgehead atoms. The SMILES string of the molecule is O=C(c1n[nH]c2ncnc(N[C@@H]3CC[C@@H](O)[C@H]3O)c12)N1C[C@@H](F)C[C@@H]1c1cc(F)cc(OC(F)F)c1. The number of amides is 1. The molecule has 5 rings (SSSR count). The van der Waals surface area contributed by atoms with Crippen LogP contribution in [0, 0.1) is 5.82 Å². The van der Waals surface area contributed by atoms with Crippen molar-refractivity contribution in [2.45, 2.75) is 56.3 Å². The molecular weight excluding hydrogens is 488 g/mol. The molecule has 3 heterocycles. The van der Waals surface area contributed by atoms with Gasteiger partial charge < -0.3 is 25.2 Å². The molecule has 10 nitrogen and oxygen atoms in total. The van der Waals surface area contributed by atoms with Crippen LogP contribution in [0.5, 0.6) is 5.75 Å².